The van der Waals surface area contributed by atoms with Crippen LogP contribution in [0.25, 0.3) is 0 Å². The van der Waals surface area contributed by atoms with Crippen LogP contribution in [0.4, 0.5) is 0 Å². The molecule has 0 unspecified atom stereocenters. The van der Waals surface area contributed by atoms with Gasteiger partial charge in [-0.2, -0.15) is 0 Å². The van der Waals surface area contributed by atoms with Crippen molar-refractivity contribution in [3.63, 3.8) is 0 Å². The van der Waals surface area contributed by atoms with Crippen LogP contribution in [0.3, 0.4) is 0 Å². The standard InChI is InChI=1S/C6H11N2O/c1-3-7-6(4-5-6)8(2)9/h3H,4-5H2,1-2H3/q-1. The van der Waals surface area contributed by atoms with Crippen LogP contribution in [0.2, 0.25) is 0 Å². The van der Waals surface area contributed by atoms with Crippen molar-refractivity contribution in [3.8, 4) is 0 Å². The fourth-order valence-electron chi connectivity index (χ4n) is 0.877. The zero-order chi connectivity index (χ0) is 6.91. The quantitative estimate of drug-likeness (QED) is 0.410. The smallest absolute Gasteiger partial charge is 0.101 e. The summed E-state index contributed by atoms with van der Waals surface area (Å²) < 4.78 is 0. The van der Waals surface area contributed by atoms with Gasteiger partial charge >= 0.3 is 0 Å². The van der Waals surface area contributed by atoms with Crippen LogP contribution in [-0.4, -0.2) is 24.0 Å². The minimum atomic E-state index is -0.352. The number of hydroxylamine groups is 2. The van der Waals surface area contributed by atoms with Crippen molar-refractivity contribution < 1.29 is 0 Å². The lowest BCUT2D eigenvalue weighted by Gasteiger charge is -2.29. The molecule has 1 rings (SSSR count). The van der Waals surface area contributed by atoms with Gasteiger partial charge in [-0.05, 0) is 33.0 Å². The van der Waals surface area contributed by atoms with Crippen LogP contribution in [0.5, 0.6) is 0 Å². The average molecular weight is 127 g/mol. The monoisotopic (exact) mass is 127 g/mol. The molecule has 0 aliphatic heterocycles. The normalized spacial score (nSPS) is 23.6. The first kappa shape index (κ1) is 6.71. The van der Waals surface area contributed by atoms with Crippen LogP contribution in [0, 0.1) is 5.21 Å². The van der Waals surface area contributed by atoms with E-state index in [4.69, 9.17) is 0 Å². The highest BCUT2D eigenvalue weighted by atomic mass is 16.5. The Morgan fingerprint density at radius 1 is 1.67 bits per heavy atom. The molecule has 0 N–H and O–H groups in total. The van der Waals surface area contributed by atoms with Gasteiger partial charge in [-0.3, -0.25) is 4.99 Å². The van der Waals surface area contributed by atoms with Crippen molar-refractivity contribution >= 4 is 6.21 Å². The van der Waals surface area contributed by atoms with Gasteiger partial charge in [-0.1, -0.05) is 0 Å². The van der Waals surface area contributed by atoms with Crippen LogP contribution < -0.4 is 0 Å². The maximum atomic E-state index is 10.7. The SMILES string of the molecule is CC=NC1(N(C)[O-])CC1. The molecule has 0 aromatic carbocycles. The minimum absolute atomic E-state index is 0.352. The third-order valence-electron chi connectivity index (χ3n) is 1.65. The number of nitrogens with zero attached hydrogens (tertiary/aromatic N) is 2. The Balaban J connectivity index is 2.52. The van der Waals surface area contributed by atoms with Crippen molar-refractivity contribution in [1.82, 2.24) is 5.06 Å². The van der Waals surface area contributed by atoms with Crippen LogP contribution in [0.1, 0.15) is 19.8 Å². The van der Waals surface area contributed by atoms with E-state index in [0.29, 0.717) is 0 Å². The summed E-state index contributed by atoms with van der Waals surface area (Å²) in [5, 5.41) is 11.7. The number of aliphatic imine (C=N–C) groups is 1. The maximum absolute atomic E-state index is 10.7. The maximum Gasteiger partial charge on any atom is 0.101 e. The first-order valence-electron chi connectivity index (χ1n) is 3.12. The molecule has 9 heavy (non-hydrogen) atoms. The van der Waals surface area contributed by atoms with Gasteiger partial charge < -0.3 is 10.3 Å². The van der Waals surface area contributed by atoms with E-state index in [-0.39, 0.29) is 5.66 Å². The third-order valence-corrected chi connectivity index (χ3v) is 1.65. The predicted molar refractivity (Wildman–Crippen MR) is 37.3 cm³/mol. The molecule has 52 valence electrons. The van der Waals surface area contributed by atoms with Crippen molar-refractivity contribution in [2.24, 2.45) is 4.99 Å². The molecule has 0 heterocycles. The molecule has 1 aliphatic rings. The molecule has 3 nitrogen and oxygen atoms in total. The van der Waals surface area contributed by atoms with Crippen molar-refractivity contribution in [3.05, 3.63) is 5.21 Å². The van der Waals surface area contributed by atoms with E-state index < -0.39 is 0 Å². The molecule has 0 aromatic rings. The molecule has 0 atom stereocenters. The van der Waals surface area contributed by atoms with Gasteiger partial charge in [0.2, 0.25) is 0 Å². The van der Waals surface area contributed by atoms with Gasteiger partial charge in [0.15, 0.2) is 0 Å². The van der Waals surface area contributed by atoms with Crippen molar-refractivity contribution in [2.75, 3.05) is 7.05 Å². The summed E-state index contributed by atoms with van der Waals surface area (Å²) in [4.78, 5) is 4.06. The zero-order valence-electron chi connectivity index (χ0n) is 5.79. The van der Waals surface area contributed by atoms with E-state index in [1.54, 1.807) is 6.21 Å². The second-order valence-corrected chi connectivity index (χ2v) is 2.37. The number of rotatable bonds is 2. The Hall–Kier alpha value is -0.410. The Labute approximate surface area is 55.0 Å². The van der Waals surface area contributed by atoms with E-state index in [1.807, 2.05) is 6.92 Å². The Bertz CT molecular complexity index is 127. The van der Waals surface area contributed by atoms with Gasteiger partial charge in [-0.25, -0.2) is 0 Å². The molecule has 1 aliphatic carbocycles. The first-order valence-corrected chi connectivity index (χ1v) is 3.12. The predicted octanol–water partition coefficient (Wildman–Crippen LogP) is 0.997. The van der Waals surface area contributed by atoms with Gasteiger partial charge in [0.25, 0.3) is 0 Å². The fourth-order valence-corrected chi connectivity index (χ4v) is 0.877. The zero-order valence-corrected chi connectivity index (χ0v) is 5.79. The minimum Gasteiger partial charge on any atom is -0.784 e. The lowest BCUT2D eigenvalue weighted by molar-refractivity contribution is 0.320. The molecule has 1 fully saturated rings. The van der Waals surface area contributed by atoms with Crippen LogP contribution in [-0.2, 0) is 0 Å². The van der Waals surface area contributed by atoms with Gasteiger partial charge in [0, 0.05) is 0 Å². The summed E-state index contributed by atoms with van der Waals surface area (Å²) in [5.74, 6) is 0. The molecule has 0 spiro atoms. The number of hydrogen-bond acceptors (Lipinski definition) is 3. The molecule has 0 amide bonds. The largest absolute Gasteiger partial charge is 0.784 e. The number of hydrogen-bond donors (Lipinski definition) is 0. The first-order chi connectivity index (χ1) is 4.21. The highest BCUT2D eigenvalue weighted by Crippen LogP contribution is 2.41. The summed E-state index contributed by atoms with van der Waals surface area (Å²) in [6, 6.07) is 0. The van der Waals surface area contributed by atoms with E-state index in [2.05, 4.69) is 4.99 Å². The lowest BCUT2D eigenvalue weighted by atomic mass is 10.5. The Morgan fingerprint density at radius 2 is 2.22 bits per heavy atom. The molecule has 0 saturated heterocycles. The van der Waals surface area contributed by atoms with Gasteiger partial charge in [-0.15, -0.1) is 0 Å². The molecule has 0 aromatic heterocycles. The summed E-state index contributed by atoms with van der Waals surface area (Å²) in [5.41, 5.74) is -0.352. The summed E-state index contributed by atoms with van der Waals surface area (Å²) in [6.07, 6.45) is 3.52. The lowest BCUT2D eigenvalue weighted by Crippen LogP contribution is -2.25. The molecular formula is C6H11N2O-. The summed E-state index contributed by atoms with van der Waals surface area (Å²) in [6.45, 7) is 1.84. The van der Waals surface area contributed by atoms with E-state index in [0.717, 1.165) is 17.9 Å². The van der Waals surface area contributed by atoms with Gasteiger partial charge in [0.05, 0.1) is 0 Å². The van der Waals surface area contributed by atoms with E-state index >= 15 is 0 Å². The van der Waals surface area contributed by atoms with Gasteiger partial charge in [0.1, 0.15) is 5.66 Å². The van der Waals surface area contributed by atoms with Crippen LogP contribution >= 0.6 is 0 Å². The topological polar surface area (TPSA) is 38.7 Å². The summed E-state index contributed by atoms with van der Waals surface area (Å²) >= 11 is 0. The highest BCUT2D eigenvalue weighted by Gasteiger charge is 2.41. The molecular weight excluding hydrogens is 116 g/mol. The second-order valence-electron chi connectivity index (χ2n) is 2.37. The Kier molecular flexibility index (Phi) is 1.55. The average Bonchev–Trinajstić information content (AvgIpc) is 2.49. The molecule has 1 saturated carbocycles. The molecule has 3 heteroatoms. The highest BCUT2D eigenvalue weighted by molar-refractivity contribution is 5.54. The van der Waals surface area contributed by atoms with E-state index in [1.165, 1.54) is 7.05 Å². The van der Waals surface area contributed by atoms with Crippen molar-refractivity contribution in [1.29, 1.82) is 0 Å². The second kappa shape index (κ2) is 2.08. The van der Waals surface area contributed by atoms with Crippen molar-refractivity contribution in [2.45, 2.75) is 25.4 Å². The molecule has 0 radical (unpaired) electrons. The van der Waals surface area contributed by atoms with E-state index in [9.17, 15) is 5.21 Å². The summed E-state index contributed by atoms with van der Waals surface area (Å²) in [7, 11) is 1.53. The molecule has 0 bridgehead atoms. The fraction of sp³-hybridized carbons (Fsp3) is 0.833. The Morgan fingerprint density at radius 3 is 2.33 bits per heavy atom. The van der Waals surface area contributed by atoms with Crippen LogP contribution in [0.15, 0.2) is 4.99 Å². The third kappa shape index (κ3) is 1.11.